The molecule has 21 heavy (non-hydrogen) atoms. The molecule has 0 radical (unpaired) electrons. The molecule has 0 spiro atoms. The molecule has 6 heteroatoms. The van der Waals surface area contributed by atoms with Crippen molar-refractivity contribution in [2.75, 3.05) is 0 Å². The van der Waals surface area contributed by atoms with Crippen molar-refractivity contribution in [3.8, 4) is 5.75 Å². The number of carboxylic acids is 2. The van der Waals surface area contributed by atoms with Crippen LogP contribution >= 0.6 is 0 Å². The largest absolute Gasteiger partial charge is 0.491 e. The Labute approximate surface area is 121 Å². The van der Waals surface area contributed by atoms with Gasteiger partial charge in [-0.15, -0.1) is 0 Å². The maximum atomic E-state index is 11.0. The average molecular weight is 291 g/mol. The van der Waals surface area contributed by atoms with Crippen LogP contribution in [0.15, 0.2) is 24.4 Å². The van der Waals surface area contributed by atoms with Gasteiger partial charge in [0, 0.05) is 17.1 Å². The summed E-state index contributed by atoms with van der Waals surface area (Å²) in [6.07, 6.45) is 1.59. The minimum Gasteiger partial charge on any atom is -0.491 e. The first-order valence-electron chi connectivity index (χ1n) is 6.60. The number of rotatable bonds is 6. The van der Waals surface area contributed by atoms with Crippen LogP contribution in [-0.4, -0.2) is 33.2 Å². The van der Waals surface area contributed by atoms with Gasteiger partial charge in [-0.1, -0.05) is 0 Å². The van der Waals surface area contributed by atoms with Crippen molar-refractivity contribution in [3.05, 3.63) is 30.0 Å². The maximum absolute atomic E-state index is 11.0. The van der Waals surface area contributed by atoms with Gasteiger partial charge in [0.05, 0.1) is 6.10 Å². The van der Waals surface area contributed by atoms with Crippen molar-refractivity contribution in [3.63, 3.8) is 0 Å². The Hall–Kier alpha value is -2.50. The van der Waals surface area contributed by atoms with Gasteiger partial charge in [0.2, 0.25) is 0 Å². The molecule has 3 N–H and O–H groups in total. The number of carbonyl (C=O) groups is 2. The molecule has 0 aliphatic heterocycles. The summed E-state index contributed by atoms with van der Waals surface area (Å²) >= 11 is 0. The van der Waals surface area contributed by atoms with Gasteiger partial charge < -0.3 is 19.9 Å². The number of ether oxygens (including phenoxy) is 1. The van der Waals surface area contributed by atoms with E-state index in [9.17, 15) is 9.59 Å². The summed E-state index contributed by atoms with van der Waals surface area (Å²) in [7, 11) is 0. The van der Waals surface area contributed by atoms with Crippen molar-refractivity contribution in [2.45, 2.75) is 26.4 Å². The summed E-state index contributed by atoms with van der Waals surface area (Å²) in [5.74, 6) is -3.47. The van der Waals surface area contributed by atoms with E-state index in [1.807, 2.05) is 26.0 Å². The first kappa shape index (κ1) is 14.9. The van der Waals surface area contributed by atoms with Gasteiger partial charge in [0.25, 0.3) is 0 Å². The van der Waals surface area contributed by atoms with E-state index in [0.717, 1.165) is 10.9 Å². The summed E-state index contributed by atoms with van der Waals surface area (Å²) in [4.78, 5) is 25.0. The van der Waals surface area contributed by atoms with E-state index < -0.39 is 17.9 Å². The third kappa shape index (κ3) is 3.34. The van der Waals surface area contributed by atoms with E-state index in [4.69, 9.17) is 14.9 Å². The Kier molecular flexibility index (Phi) is 4.16. The molecule has 0 saturated heterocycles. The van der Waals surface area contributed by atoms with Crippen LogP contribution in [0, 0.1) is 5.92 Å². The number of nitrogens with one attached hydrogen (secondary N) is 1. The number of fused-ring (bicyclic) bond motifs is 1. The number of aromatic amines is 1. The highest BCUT2D eigenvalue weighted by Gasteiger charge is 2.27. The zero-order valence-corrected chi connectivity index (χ0v) is 11.8. The highest BCUT2D eigenvalue weighted by molar-refractivity contribution is 5.94. The van der Waals surface area contributed by atoms with E-state index >= 15 is 0 Å². The number of carboxylic acid groups (broad SMARTS) is 2. The molecule has 0 unspecified atom stereocenters. The molecule has 1 heterocycles. The van der Waals surface area contributed by atoms with Gasteiger partial charge in [-0.25, -0.2) is 0 Å². The number of hydrogen-bond acceptors (Lipinski definition) is 3. The smallest absolute Gasteiger partial charge is 0.318 e. The molecule has 0 aliphatic carbocycles. The van der Waals surface area contributed by atoms with Crippen LogP contribution in [0.4, 0.5) is 0 Å². The lowest BCUT2D eigenvalue weighted by Crippen LogP contribution is -2.25. The van der Waals surface area contributed by atoms with Crippen molar-refractivity contribution < 1.29 is 24.5 Å². The third-order valence-electron chi connectivity index (χ3n) is 3.13. The predicted octanol–water partition coefficient (Wildman–Crippen LogP) is 2.28. The van der Waals surface area contributed by atoms with Crippen LogP contribution in [0.5, 0.6) is 5.75 Å². The fourth-order valence-corrected chi connectivity index (χ4v) is 2.17. The second-order valence-electron chi connectivity index (χ2n) is 5.12. The van der Waals surface area contributed by atoms with Crippen LogP contribution in [0.1, 0.15) is 19.4 Å². The molecule has 1 aromatic heterocycles. The maximum Gasteiger partial charge on any atom is 0.318 e. The van der Waals surface area contributed by atoms with Crippen LogP contribution in [0.3, 0.4) is 0 Å². The topological polar surface area (TPSA) is 99.6 Å². The number of aromatic nitrogens is 1. The highest BCUT2D eigenvalue weighted by Crippen LogP contribution is 2.26. The lowest BCUT2D eigenvalue weighted by Gasteiger charge is -2.10. The van der Waals surface area contributed by atoms with Crippen LogP contribution in [0.2, 0.25) is 0 Å². The molecule has 6 nitrogen and oxygen atoms in total. The van der Waals surface area contributed by atoms with Crippen LogP contribution in [-0.2, 0) is 16.0 Å². The molecule has 0 saturated carbocycles. The number of H-pyrrole nitrogens is 1. The zero-order chi connectivity index (χ0) is 15.6. The Bertz CT molecular complexity index is 660. The molecule has 2 aromatic rings. The van der Waals surface area contributed by atoms with Crippen molar-refractivity contribution in [1.29, 1.82) is 0 Å². The highest BCUT2D eigenvalue weighted by atomic mass is 16.5. The molecule has 0 aliphatic rings. The molecule has 112 valence electrons. The summed E-state index contributed by atoms with van der Waals surface area (Å²) in [6.45, 7) is 3.82. The third-order valence-corrected chi connectivity index (χ3v) is 3.13. The van der Waals surface area contributed by atoms with Gasteiger partial charge in [-0.2, -0.15) is 0 Å². The fraction of sp³-hybridized carbons (Fsp3) is 0.333. The van der Waals surface area contributed by atoms with E-state index in [-0.39, 0.29) is 12.5 Å². The van der Waals surface area contributed by atoms with Crippen LogP contribution in [0.25, 0.3) is 10.9 Å². The number of aliphatic carboxylic acids is 2. The van der Waals surface area contributed by atoms with Gasteiger partial charge in [-0.05, 0) is 44.0 Å². The summed E-state index contributed by atoms with van der Waals surface area (Å²) < 4.78 is 5.60. The van der Waals surface area contributed by atoms with E-state index in [1.165, 1.54) is 0 Å². The van der Waals surface area contributed by atoms with Gasteiger partial charge in [0.1, 0.15) is 5.75 Å². The second-order valence-corrected chi connectivity index (χ2v) is 5.12. The van der Waals surface area contributed by atoms with Gasteiger partial charge in [-0.3, -0.25) is 9.59 Å². The van der Waals surface area contributed by atoms with Gasteiger partial charge in [0.15, 0.2) is 5.92 Å². The Balaban J connectivity index is 2.35. The minimum atomic E-state index is -1.46. The van der Waals surface area contributed by atoms with Crippen molar-refractivity contribution in [1.82, 2.24) is 4.98 Å². The molecule has 1 aromatic carbocycles. The first-order valence-corrected chi connectivity index (χ1v) is 6.60. The van der Waals surface area contributed by atoms with E-state index in [2.05, 4.69) is 4.98 Å². The molecule has 0 bridgehead atoms. The molecule has 0 atom stereocenters. The number of hydrogen-bond donors (Lipinski definition) is 3. The average Bonchev–Trinajstić information content (AvgIpc) is 2.76. The second kappa shape index (κ2) is 5.87. The Morgan fingerprint density at radius 2 is 1.90 bits per heavy atom. The Morgan fingerprint density at radius 3 is 2.48 bits per heavy atom. The quantitative estimate of drug-likeness (QED) is 0.709. The number of benzene rings is 1. The molecule has 2 rings (SSSR count). The van der Waals surface area contributed by atoms with Gasteiger partial charge >= 0.3 is 11.9 Å². The zero-order valence-electron chi connectivity index (χ0n) is 11.8. The lowest BCUT2D eigenvalue weighted by atomic mass is 9.99. The minimum absolute atomic E-state index is 0.0237. The fourth-order valence-electron chi connectivity index (χ4n) is 2.17. The molecule has 0 fully saturated rings. The summed E-state index contributed by atoms with van der Waals surface area (Å²) in [6, 6.07) is 5.43. The monoisotopic (exact) mass is 291 g/mol. The van der Waals surface area contributed by atoms with Crippen LogP contribution < -0.4 is 4.74 Å². The lowest BCUT2D eigenvalue weighted by molar-refractivity contribution is -0.154. The van der Waals surface area contributed by atoms with Crippen molar-refractivity contribution >= 4 is 22.8 Å². The summed E-state index contributed by atoms with van der Waals surface area (Å²) in [5.41, 5.74) is 1.46. The Morgan fingerprint density at radius 1 is 1.24 bits per heavy atom. The molecular weight excluding hydrogens is 274 g/mol. The molecule has 0 amide bonds. The van der Waals surface area contributed by atoms with E-state index in [1.54, 1.807) is 12.3 Å². The standard InChI is InChI=1S/C15H17NO5/c1-8(2)21-10-3-4-13-11(6-10)9(7-16-13)5-12(14(17)18)15(19)20/h3-4,6-8,12,16H,5H2,1-2H3,(H,17,18)(H,19,20). The summed E-state index contributed by atoms with van der Waals surface area (Å²) in [5, 5.41) is 18.7. The molecular formula is C15H17NO5. The van der Waals surface area contributed by atoms with E-state index in [0.29, 0.717) is 11.3 Å². The van der Waals surface area contributed by atoms with Crippen molar-refractivity contribution in [2.24, 2.45) is 5.92 Å². The normalized spacial score (nSPS) is 11.2. The predicted molar refractivity (Wildman–Crippen MR) is 76.5 cm³/mol. The first-order chi connectivity index (χ1) is 9.88. The SMILES string of the molecule is CC(C)Oc1ccc2[nH]cc(CC(C(=O)O)C(=O)O)c2c1.